The topological polar surface area (TPSA) is 71.1 Å². The van der Waals surface area contributed by atoms with Crippen molar-refractivity contribution in [2.24, 2.45) is 5.92 Å². The Morgan fingerprint density at radius 2 is 1.73 bits per heavy atom. The van der Waals surface area contributed by atoms with E-state index in [1.165, 1.54) is 49.8 Å². The Kier molecular flexibility index (Phi) is 6.68. The van der Waals surface area contributed by atoms with Crippen LogP contribution in [-0.4, -0.2) is 47.9 Å². The van der Waals surface area contributed by atoms with Crippen LogP contribution in [-0.2, 0) is 4.79 Å². The van der Waals surface area contributed by atoms with Crippen LogP contribution >= 0.6 is 0 Å². The normalized spacial score (nSPS) is 22.9. The molecule has 5 nitrogen and oxygen atoms in total. The highest BCUT2D eigenvalue weighted by atomic mass is 16.2. The van der Waals surface area contributed by atoms with Gasteiger partial charge in [0.05, 0.1) is 12.1 Å². The molecule has 0 aromatic rings. The summed E-state index contributed by atoms with van der Waals surface area (Å²) >= 11 is 0. The molecule has 1 aliphatic carbocycles. The van der Waals surface area contributed by atoms with Gasteiger partial charge in [-0.05, 0) is 38.1 Å². The molecule has 0 spiro atoms. The van der Waals surface area contributed by atoms with Crippen LogP contribution in [0.2, 0.25) is 0 Å². The summed E-state index contributed by atoms with van der Waals surface area (Å²) in [5.74, 6) is 0.734. The van der Waals surface area contributed by atoms with Crippen LogP contribution in [0.3, 0.4) is 0 Å². The van der Waals surface area contributed by atoms with Crippen molar-refractivity contribution >= 4 is 5.91 Å². The number of nitrogens with zero attached hydrogens (tertiary/aromatic N) is 4. The smallest absolute Gasteiger partial charge is 0.225 e. The van der Waals surface area contributed by atoms with E-state index in [9.17, 15) is 4.79 Å². The molecule has 1 amide bonds. The van der Waals surface area contributed by atoms with E-state index in [0.717, 1.165) is 19.0 Å². The van der Waals surface area contributed by atoms with Crippen LogP contribution in [0, 0.1) is 28.6 Å². The first-order valence-corrected chi connectivity index (χ1v) is 8.52. The largest absolute Gasteiger partial charge is 0.316 e. The maximum atomic E-state index is 12.2. The van der Waals surface area contributed by atoms with E-state index in [4.69, 9.17) is 10.5 Å². The van der Waals surface area contributed by atoms with Gasteiger partial charge >= 0.3 is 0 Å². The molecule has 2 fully saturated rings. The highest BCUT2D eigenvalue weighted by Gasteiger charge is 2.32. The molecule has 5 heteroatoms. The van der Waals surface area contributed by atoms with E-state index in [1.54, 1.807) is 0 Å². The third kappa shape index (κ3) is 4.45. The zero-order chi connectivity index (χ0) is 15.8. The molecule has 0 radical (unpaired) electrons. The first-order valence-electron chi connectivity index (χ1n) is 8.52. The molecule has 1 aliphatic heterocycles. The third-order valence-corrected chi connectivity index (χ3v) is 5.10. The number of carbonyl (C=O) groups is 1. The number of hydrogen-bond acceptors (Lipinski definition) is 4. The molecule has 2 rings (SSSR count). The number of nitriles is 2. The van der Waals surface area contributed by atoms with Crippen LogP contribution in [0.1, 0.15) is 51.4 Å². The van der Waals surface area contributed by atoms with Gasteiger partial charge in [-0.15, -0.1) is 0 Å². The Balaban J connectivity index is 1.83. The minimum absolute atomic E-state index is 0.0123. The molecule has 1 heterocycles. The maximum Gasteiger partial charge on any atom is 0.225 e. The van der Waals surface area contributed by atoms with E-state index in [1.807, 2.05) is 12.1 Å². The first kappa shape index (κ1) is 16.8. The summed E-state index contributed by atoms with van der Waals surface area (Å²) in [6.07, 6.45) is 9.67. The molecule has 1 saturated heterocycles. The predicted molar refractivity (Wildman–Crippen MR) is 83.6 cm³/mol. The molecule has 2 aliphatic rings. The average Bonchev–Trinajstić information content (AvgIpc) is 3.02. The molecule has 120 valence electrons. The van der Waals surface area contributed by atoms with Crippen molar-refractivity contribution in [2.75, 3.05) is 26.2 Å². The molecular formula is C17H26N4O. The minimum Gasteiger partial charge on any atom is -0.316 e. The lowest BCUT2D eigenvalue weighted by Crippen LogP contribution is -2.40. The van der Waals surface area contributed by atoms with Crippen molar-refractivity contribution < 1.29 is 4.79 Å². The molecule has 1 saturated carbocycles. The Hall–Kier alpha value is -1.59. The Morgan fingerprint density at radius 3 is 2.36 bits per heavy atom. The van der Waals surface area contributed by atoms with Gasteiger partial charge in [0.2, 0.25) is 5.91 Å². The highest BCUT2D eigenvalue weighted by Crippen LogP contribution is 2.34. The van der Waals surface area contributed by atoms with Crippen molar-refractivity contribution in [3.63, 3.8) is 0 Å². The van der Waals surface area contributed by atoms with Crippen LogP contribution in [0.25, 0.3) is 0 Å². The van der Waals surface area contributed by atoms with Crippen molar-refractivity contribution in [1.82, 2.24) is 9.80 Å². The SMILES string of the molecule is N#CCN(CC#N)C(=O)CCN1CCC[C@H]1C1CCCCC1. The van der Waals surface area contributed by atoms with Crippen molar-refractivity contribution in [2.45, 2.75) is 57.4 Å². The van der Waals surface area contributed by atoms with Gasteiger partial charge in [-0.1, -0.05) is 19.3 Å². The van der Waals surface area contributed by atoms with Gasteiger partial charge in [-0.2, -0.15) is 10.5 Å². The summed E-state index contributed by atoms with van der Waals surface area (Å²) in [6.45, 7) is 1.88. The van der Waals surface area contributed by atoms with E-state index in [-0.39, 0.29) is 19.0 Å². The number of carbonyl (C=O) groups excluding carboxylic acids is 1. The Labute approximate surface area is 133 Å². The fourth-order valence-electron chi connectivity index (χ4n) is 3.98. The average molecular weight is 302 g/mol. The summed E-state index contributed by atoms with van der Waals surface area (Å²) in [4.78, 5) is 16.0. The molecule has 0 unspecified atom stereocenters. The number of rotatable bonds is 6. The molecule has 0 aromatic heterocycles. The van der Waals surface area contributed by atoms with Crippen LogP contribution in [0.15, 0.2) is 0 Å². The second-order valence-electron chi connectivity index (χ2n) is 6.46. The summed E-state index contributed by atoms with van der Waals surface area (Å²) in [6, 6.07) is 4.57. The quantitative estimate of drug-likeness (QED) is 0.706. The molecule has 1 atom stereocenters. The van der Waals surface area contributed by atoms with Gasteiger partial charge in [0.15, 0.2) is 0 Å². The second kappa shape index (κ2) is 8.76. The maximum absolute atomic E-state index is 12.2. The van der Waals surface area contributed by atoms with Crippen molar-refractivity contribution in [3.05, 3.63) is 0 Å². The van der Waals surface area contributed by atoms with Crippen molar-refractivity contribution in [3.8, 4) is 12.1 Å². The lowest BCUT2D eigenvalue weighted by Gasteiger charge is -2.34. The fraction of sp³-hybridized carbons (Fsp3) is 0.824. The highest BCUT2D eigenvalue weighted by molar-refractivity contribution is 5.76. The Morgan fingerprint density at radius 1 is 1.05 bits per heavy atom. The first-order chi connectivity index (χ1) is 10.8. The van der Waals surface area contributed by atoms with Gasteiger partial charge in [-0.3, -0.25) is 9.69 Å². The summed E-state index contributed by atoms with van der Waals surface area (Å²) < 4.78 is 0. The number of amides is 1. The van der Waals surface area contributed by atoms with Gasteiger partial charge in [0, 0.05) is 19.0 Å². The summed E-state index contributed by atoms with van der Waals surface area (Å²) in [5, 5.41) is 17.5. The third-order valence-electron chi connectivity index (χ3n) is 5.10. The minimum atomic E-state index is -0.0719. The molecule has 0 N–H and O–H groups in total. The molecule has 22 heavy (non-hydrogen) atoms. The Bertz CT molecular complexity index is 429. The van der Waals surface area contributed by atoms with E-state index < -0.39 is 0 Å². The van der Waals surface area contributed by atoms with Gasteiger partial charge in [-0.25, -0.2) is 0 Å². The van der Waals surface area contributed by atoms with E-state index >= 15 is 0 Å². The standard InChI is InChI=1S/C17H26N4O/c18-9-13-21(14-10-19)17(22)8-12-20-11-4-7-16(20)15-5-2-1-3-6-15/h15-16H,1-8,11-14H2/t16-/m0/s1. The van der Waals surface area contributed by atoms with Crippen LogP contribution in [0.5, 0.6) is 0 Å². The number of hydrogen-bond donors (Lipinski definition) is 0. The zero-order valence-corrected chi connectivity index (χ0v) is 13.3. The molecule has 0 aromatic carbocycles. The van der Waals surface area contributed by atoms with Gasteiger partial charge in [0.25, 0.3) is 0 Å². The van der Waals surface area contributed by atoms with E-state index in [0.29, 0.717) is 12.5 Å². The zero-order valence-electron chi connectivity index (χ0n) is 13.3. The van der Waals surface area contributed by atoms with Crippen molar-refractivity contribution in [1.29, 1.82) is 10.5 Å². The molecule has 0 bridgehead atoms. The van der Waals surface area contributed by atoms with Crippen LogP contribution in [0.4, 0.5) is 0 Å². The lowest BCUT2D eigenvalue weighted by atomic mass is 9.83. The second-order valence-corrected chi connectivity index (χ2v) is 6.46. The van der Waals surface area contributed by atoms with Gasteiger partial charge in [0.1, 0.15) is 13.1 Å². The van der Waals surface area contributed by atoms with E-state index in [2.05, 4.69) is 4.90 Å². The number of likely N-dealkylation sites (tertiary alicyclic amines) is 1. The predicted octanol–water partition coefficient (Wildman–Crippen LogP) is 2.30. The molecular weight excluding hydrogens is 276 g/mol. The monoisotopic (exact) mass is 302 g/mol. The summed E-state index contributed by atoms with van der Waals surface area (Å²) in [7, 11) is 0. The van der Waals surface area contributed by atoms with Gasteiger partial charge < -0.3 is 4.90 Å². The summed E-state index contributed by atoms with van der Waals surface area (Å²) in [5.41, 5.74) is 0. The van der Waals surface area contributed by atoms with Crippen LogP contribution < -0.4 is 0 Å². The lowest BCUT2D eigenvalue weighted by molar-refractivity contribution is -0.130. The fourth-order valence-corrected chi connectivity index (χ4v) is 3.98.